The molecule has 1 aliphatic rings. The number of aromatic nitrogens is 2. The van der Waals surface area contributed by atoms with Crippen LogP contribution in [0.5, 0.6) is 0 Å². The third-order valence-electron chi connectivity index (χ3n) is 4.95. The molecule has 3 amide bonds. The second-order valence-electron chi connectivity index (χ2n) is 7.24. The van der Waals surface area contributed by atoms with Crippen LogP contribution >= 0.6 is 0 Å². The molecular weight excluding hydrogens is 354 g/mol. The first-order valence-corrected chi connectivity index (χ1v) is 10.1. The number of hydrogen-bond donors (Lipinski definition) is 3. The van der Waals surface area contributed by atoms with E-state index >= 15 is 0 Å². The minimum Gasteiger partial charge on any atom is -0.352 e. The Balaban J connectivity index is 1.28. The second kappa shape index (κ2) is 10.5. The molecule has 1 aromatic carbocycles. The van der Waals surface area contributed by atoms with Gasteiger partial charge < -0.3 is 16.0 Å². The highest BCUT2D eigenvalue weighted by molar-refractivity contribution is 5.76. The molecule has 0 bridgehead atoms. The van der Waals surface area contributed by atoms with Crippen molar-refractivity contribution in [2.45, 2.75) is 57.5 Å². The standard InChI is InChI=1S/C21H29N5O2/c27-20(12-7-13-22-21(28)25-18-8-3-1-4-9-18)23-14-17-15-24-26(16-17)19-10-5-2-6-11-19/h2,5-6,10-11,15-16,18H,1,3-4,7-9,12-14H2,(H,23,27)(H2,22,25,28). The summed E-state index contributed by atoms with van der Waals surface area (Å²) in [6.07, 6.45) is 10.4. The van der Waals surface area contributed by atoms with Crippen molar-refractivity contribution in [3.05, 3.63) is 48.3 Å². The van der Waals surface area contributed by atoms with Crippen LogP contribution in [-0.2, 0) is 11.3 Å². The number of benzene rings is 1. The number of nitrogens with zero attached hydrogens (tertiary/aromatic N) is 2. The van der Waals surface area contributed by atoms with E-state index in [1.54, 1.807) is 10.9 Å². The monoisotopic (exact) mass is 383 g/mol. The van der Waals surface area contributed by atoms with Crippen molar-refractivity contribution >= 4 is 11.9 Å². The van der Waals surface area contributed by atoms with Crippen molar-refractivity contribution in [2.75, 3.05) is 6.54 Å². The molecule has 0 unspecified atom stereocenters. The van der Waals surface area contributed by atoms with E-state index in [2.05, 4.69) is 21.0 Å². The molecule has 1 aliphatic carbocycles. The Labute approximate surface area is 165 Å². The van der Waals surface area contributed by atoms with Gasteiger partial charge in [0.15, 0.2) is 0 Å². The van der Waals surface area contributed by atoms with Crippen molar-refractivity contribution in [3.8, 4) is 5.69 Å². The molecule has 7 heteroatoms. The third-order valence-corrected chi connectivity index (χ3v) is 4.95. The van der Waals surface area contributed by atoms with E-state index < -0.39 is 0 Å². The molecule has 0 spiro atoms. The van der Waals surface area contributed by atoms with Crippen LogP contribution in [0.1, 0.15) is 50.5 Å². The summed E-state index contributed by atoms with van der Waals surface area (Å²) in [4.78, 5) is 23.8. The van der Waals surface area contributed by atoms with E-state index in [4.69, 9.17) is 0 Å². The molecule has 3 rings (SSSR count). The molecule has 1 aromatic heterocycles. The van der Waals surface area contributed by atoms with Gasteiger partial charge in [-0.25, -0.2) is 9.48 Å². The van der Waals surface area contributed by atoms with Crippen molar-refractivity contribution in [2.24, 2.45) is 0 Å². The van der Waals surface area contributed by atoms with Gasteiger partial charge in [-0.15, -0.1) is 0 Å². The zero-order valence-electron chi connectivity index (χ0n) is 16.2. The maximum atomic E-state index is 12.0. The van der Waals surface area contributed by atoms with Gasteiger partial charge in [0.1, 0.15) is 0 Å². The summed E-state index contributed by atoms with van der Waals surface area (Å²) in [5.41, 5.74) is 1.93. The number of urea groups is 1. The van der Waals surface area contributed by atoms with E-state index in [0.29, 0.717) is 32.0 Å². The number of hydrogen-bond acceptors (Lipinski definition) is 3. The molecule has 0 aliphatic heterocycles. The van der Waals surface area contributed by atoms with E-state index in [-0.39, 0.29) is 11.9 Å². The Bertz CT molecular complexity index is 753. The molecule has 1 fully saturated rings. The fourth-order valence-electron chi connectivity index (χ4n) is 3.40. The van der Waals surface area contributed by atoms with E-state index in [1.807, 2.05) is 36.5 Å². The fourth-order valence-corrected chi connectivity index (χ4v) is 3.40. The van der Waals surface area contributed by atoms with Gasteiger partial charge in [-0.05, 0) is 31.4 Å². The summed E-state index contributed by atoms with van der Waals surface area (Å²) >= 11 is 0. The molecular formula is C21H29N5O2. The number of rotatable bonds is 8. The molecule has 1 heterocycles. The van der Waals surface area contributed by atoms with Crippen LogP contribution in [0.3, 0.4) is 0 Å². The molecule has 150 valence electrons. The third kappa shape index (κ3) is 6.40. The number of carbonyl (C=O) groups is 2. The lowest BCUT2D eigenvalue weighted by atomic mass is 9.96. The lowest BCUT2D eigenvalue weighted by Crippen LogP contribution is -2.43. The molecule has 2 aromatic rings. The first-order chi connectivity index (χ1) is 13.7. The number of nitrogens with one attached hydrogen (secondary N) is 3. The average molecular weight is 383 g/mol. The summed E-state index contributed by atoms with van der Waals surface area (Å²) in [7, 11) is 0. The molecule has 0 atom stereocenters. The summed E-state index contributed by atoms with van der Waals surface area (Å²) < 4.78 is 1.79. The lowest BCUT2D eigenvalue weighted by molar-refractivity contribution is -0.121. The highest BCUT2D eigenvalue weighted by atomic mass is 16.2. The molecule has 7 nitrogen and oxygen atoms in total. The Hall–Kier alpha value is -2.83. The first-order valence-electron chi connectivity index (χ1n) is 10.1. The number of carbonyl (C=O) groups excluding carboxylic acids is 2. The SMILES string of the molecule is O=C(CCCNC(=O)NC1CCCCC1)NCc1cnn(-c2ccccc2)c1. The van der Waals surface area contributed by atoms with Gasteiger partial charge >= 0.3 is 6.03 Å². The Kier molecular flexibility index (Phi) is 7.46. The Morgan fingerprint density at radius 3 is 2.64 bits per heavy atom. The van der Waals surface area contributed by atoms with Crippen molar-refractivity contribution in [1.82, 2.24) is 25.7 Å². The van der Waals surface area contributed by atoms with Gasteiger partial charge in [0.25, 0.3) is 0 Å². The topological polar surface area (TPSA) is 88.1 Å². The maximum absolute atomic E-state index is 12.0. The molecule has 0 radical (unpaired) electrons. The van der Waals surface area contributed by atoms with Gasteiger partial charge in [0, 0.05) is 37.3 Å². The van der Waals surface area contributed by atoms with Gasteiger partial charge in [-0.1, -0.05) is 37.5 Å². The number of amides is 3. The van der Waals surface area contributed by atoms with Gasteiger partial charge in [0.05, 0.1) is 11.9 Å². The predicted molar refractivity (Wildman–Crippen MR) is 108 cm³/mol. The van der Waals surface area contributed by atoms with E-state index in [0.717, 1.165) is 24.1 Å². The average Bonchev–Trinajstić information content (AvgIpc) is 3.20. The quantitative estimate of drug-likeness (QED) is 0.613. The van der Waals surface area contributed by atoms with E-state index in [1.165, 1.54) is 19.3 Å². The Morgan fingerprint density at radius 2 is 1.86 bits per heavy atom. The summed E-state index contributed by atoms with van der Waals surface area (Å²) in [5, 5.41) is 13.1. The van der Waals surface area contributed by atoms with E-state index in [9.17, 15) is 9.59 Å². The summed E-state index contributed by atoms with van der Waals surface area (Å²) in [5.74, 6) is -0.0260. The zero-order chi connectivity index (χ0) is 19.6. The van der Waals surface area contributed by atoms with Crippen LogP contribution < -0.4 is 16.0 Å². The molecule has 28 heavy (non-hydrogen) atoms. The van der Waals surface area contributed by atoms with Crippen molar-refractivity contribution < 1.29 is 9.59 Å². The van der Waals surface area contributed by atoms with Gasteiger partial charge in [-0.3, -0.25) is 4.79 Å². The van der Waals surface area contributed by atoms with Crippen LogP contribution in [-0.4, -0.2) is 34.3 Å². The summed E-state index contributed by atoms with van der Waals surface area (Å²) in [6, 6.07) is 10.0. The smallest absolute Gasteiger partial charge is 0.315 e. The van der Waals surface area contributed by atoms with Gasteiger partial charge in [0.2, 0.25) is 5.91 Å². The largest absolute Gasteiger partial charge is 0.352 e. The van der Waals surface area contributed by atoms with Crippen LogP contribution in [0.15, 0.2) is 42.7 Å². The molecule has 3 N–H and O–H groups in total. The van der Waals surface area contributed by atoms with Crippen LogP contribution in [0.2, 0.25) is 0 Å². The van der Waals surface area contributed by atoms with Crippen molar-refractivity contribution in [1.29, 1.82) is 0 Å². The van der Waals surface area contributed by atoms with Gasteiger partial charge in [-0.2, -0.15) is 5.10 Å². The van der Waals surface area contributed by atoms with Crippen LogP contribution in [0.25, 0.3) is 5.69 Å². The minimum absolute atomic E-state index is 0.0260. The zero-order valence-corrected chi connectivity index (χ0v) is 16.2. The maximum Gasteiger partial charge on any atom is 0.315 e. The predicted octanol–water partition coefficient (Wildman–Crippen LogP) is 2.90. The number of para-hydroxylation sites is 1. The second-order valence-corrected chi connectivity index (χ2v) is 7.24. The highest BCUT2D eigenvalue weighted by Crippen LogP contribution is 2.17. The normalized spacial score (nSPS) is 14.4. The molecule has 0 saturated heterocycles. The molecule has 1 saturated carbocycles. The fraction of sp³-hybridized carbons (Fsp3) is 0.476. The Morgan fingerprint density at radius 1 is 1.07 bits per heavy atom. The van der Waals surface area contributed by atoms with Crippen LogP contribution in [0.4, 0.5) is 4.79 Å². The summed E-state index contributed by atoms with van der Waals surface area (Å²) in [6.45, 7) is 0.944. The van der Waals surface area contributed by atoms with Crippen molar-refractivity contribution in [3.63, 3.8) is 0 Å². The van der Waals surface area contributed by atoms with Crippen LogP contribution in [0, 0.1) is 0 Å². The lowest BCUT2D eigenvalue weighted by Gasteiger charge is -2.22. The minimum atomic E-state index is -0.124. The highest BCUT2D eigenvalue weighted by Gasteiger charge is 2.15. The first kappa shape index (κ1) is 19.9.